The highest BCUT2D eigenvalue weighted by atomic mass is 32.3. The second-order valence-electron chi connectivity index (χ2n) is 8.81. The number of rotatable bonds is 4. The van der Waals surface area contributed by atoms with E-state index in [2.05, 4.69) is 15.3 Å². The van der Waals surface area contributed by atoms with Crippen molar-refractivity contribution in [3.63, 3.8) is 0 Å². The fraction of sp³-hybridized carbons (Fsp3) is 0.409. The number of nitrogens with zero attached hydrogens (tertiary/aromatic N) is 2. The van der Waals surface area contributed by atoms with Crippen molar-refractivity contribution in [2.75, 3.05) is 11.1 Å². The fourth-order valence-electron chi connectivity index (χ4n) is 4.48. The molecule has 2 heterocycles. The molecule has 33 heavy (non-hydrogen) atoms. The number of aryl methyl sites for hydroxylation is 1. The number of halogens is 3. The standard InChI is InChI=1S/C22H25F3N4O3S/c1-12-8-13(18(24)25)10-27-17(12)19(30)28-14-4-5-16(23)15(9-14)21(2)11-33(31,32)22(6-3-7-22)20(26)29-21/h4-5,8-10,18,31-32H,3,6-7,11H2,1-2H3,(H2,26,29)(H,28,30). The molecule has 5 N–H and O–H groups in total. The van der Waals surface area contributed by atoms with Crippen LogP contribution in [0.15, 0.2) is 35.5 Å². The van der Waals surface area contributed by atoms with Gasteiger partial charge in [-0.3, -0.25) is 23.9 Å². The van der Waals surface area contributed by atoms with Crippen molar-refractivity contribution < 1.29 is 27.1 Å². The van der Waals surface area contributed by atoms with Crippen LogP contribution in [-0.2, 0) is 5.54 Å². The van der Waals surface area contributed by atoms with Crippen LogP contribution < -0.4 is 11.1 Å². The van der Waals surface area contributed by atoms with Gasteiger partial charge < -0.3 is 11.1 Å². The summed E-state index contributed by atoms with van der Waals surface area (Å²) in [6, 6.07) is 5.03. The fourth-order valence-corrected chi connectivity index (χ4v) is 7.08. The zero-order valence-corrected chi connectivity index (χ0v) is 18.9. The number of benzene rings is 1. The van der Waals surface area contributed by atoms with Crippen LogP contribution in [0.25, 0.3) is 0 Å². The SMILES string of the molecule is Cc1cc(C(F)F)cnc1C(=O)Nc1ccc(F)c(C2(C)CS(O)(O)C3(CCC3)C(N)=N2)c1. The van der Waals surface area contributed by atoms with Crippen LogP contribution in [0.4, 0.5) is 18.9 Å². The number of nitrogens with two attached hydrogens (primary N) is 1. The molecule has 1 unspecified atom stereocenters. The Morgan fingerprint density at radius 3 is 2.52 bits per heavy atom. The first kappa shape index (κ1) is 23.5. The number of alkyl halides is 2. The van der Waals surface area contributed by atoms with Crippen LogP contribution in [0.1, 0.15) is 59.8 Å². The Labute approximate surface area is 190 Å². The van der Waals surface area contributed by atoms with E-state index in [4.69, 9.17) is 5.73 Å². The number of aromatic nitrogens is 1. The third-order valence-electron chi connectivity index (χ3n) is 6.47. The van der Waals surface area contributed by atoms with Crippen LogP contribution >= 0.6 is 10.6 Å². The lowest BCUT2D eigenvalue weighted by molar-refractivity contribution is 0.102. The molecule has 1 aromatic carbocycles. The van der Waals surface area contributed by atoms with Crippen molar-refractivity contribution in [3.05, 3.63) is 58.7 Å². The van der Waals surface area contributed by atoms with E-state index in [0.717, 1.165) is 18.7 Å². The van der Waals surface area contributed by atoms with Gasteiger partial charge in [0.1, 0.15) is 27.6 Å². The van der Waals surface area contributed by atoms with E-state index < -0.39 is 39.0 Å². The summed E-state index contributed by atoms with van der Waals surface area (Å²) in [4.78, 5) is 21.0. The average molecular weight is 483 g/mol. The van der Waals surface area contributed by atoms with Crippen LogP contribution in [-0.4, -0.2) is 36.3 Å². The number of hydrogen-bond acceptors (Lipinski definition) is 6. The van der Waals surface area contributed by atoms with Gasteiger partial charge in [0.25, 0.3) is 12.3 Å². The Morgan fingerprint density at radius 2 is 1.97 bits per heavy atom. The molecule has 1 aliphatic heterocycles. The third-order valence-corrected chi connectivity index (χ3v) is 9.31. The molecule has 0 saturated heterocycles. The normalized spacial score (nSPS) is 24.2. The minimum Gasteiger partial charge on any atom is -0.386 e. The zero-order chi connectivity index (χ0) is 24.2. The highest BCUT2D eigenvalue weighted by molar-refractivity contribution is 8.26. The number of hydrogen-bond donors (Lipinski definition) is 4. The smallest absolute Gasteiger partial charge is 0.274 e. The lowest BCUT2D eigenvalue weighted by Gasteiger charge is -2.60. The molecule has 1 spiro atoms. The predicted octanol–water partition coefficient (Wildman–Crippen LogP) is 4.98. The van der Waals surface area contributed by atoms with Gasteiger partial charge in [-0.1, -0.05) is 0 Å². The molecule has 1 fully saturated rings. The van der Waals surface area contributed by atoms with E-state index in [1.54, 1.807) is 6.92 Å². The van der Waals surface area contributed by atoms with Crippen molar-refractivity contribution in [3.8, 4) is 0 Å². The highest BCUT2D eigenvalue weighted by Crippen LogP contribution is 2.66. The molecule has 2 aliphatic rings. The van der Waals surface area contributed by atoms with Crippen LogP contribution in [0, 0.1) is 12.7 Å². The number of pyridine rings is 1. The summed E-state index contributed by atoms with van der Waals surface area (Å²) in [5.74, 6) is -1.37. The Bertz CT molecular complexity index is 1150. The molecule has 4 rings (SSSR count). The average Bonchev–Trinajstić information content (AvgIpc) is 2.66. The molecule has 1 amide bonds. The minimum atomic E-state index is -3.18. The first-order valence-electron chi connectivity index (χ1n) is 10.4. The van der Waals surface area contributed by atoms with Gasteiger partial charge in [-0.15, -0.1) is 0 Å². The van der Waals surface area contributed by atoms with Crippen molar-refractivity contribution >= 4 is 28.0 Å². The van der Waals surface area contributed by atoms with E-state index in [9.17, 15) is 27.1 Å². The summed E-state index contributed by atoms with van der Waals surface area (Å²) in [7, 11) is -3.18. The summed E-state index contributed by atoms with van der Waals surface area (Å²) in [5.41, 5.74) is 5.00. The van der Waals surface area contributed by atoms with E-state index in [1.165, 1.54) is 25.1 Å². The first-order chi connectivity index (χ1) is 15.4. The summed E-state index contributed by atoms with van der Waals surface area (Å²) < 4.78 is 61.4. The lowest BCUT2D eigenvalue weighted by Crippen LogP contribution is -2.59. The Balaban J connectivity index is 1.64. The van der Waals surface area contributed by atoms with Crippen molar-refractivity contribution in [2.45, 2.75) is 49.8 Å². The Morgan fingerprint density at radius 1 is 1.27 bits per heavy atom. The number of carbonyl (C=O) groups is 1. The second-order valence-corrected chi connectivity index (χ2v) is 11.2. The molecule has 0 radical (unpaired) electrons. The molecule has 7 nitrogen and oxygen atoms in total. The maximum absolute atomic E-state index is 14.9. The maximum Gasteiger partial charge on any atom is 0.274 e. The van der Waals surface area contributed by atoms with Crippen LogP contribution in [0.2, 0.25) is 0 Å². The molecule has 11 heteroatoms. The van der Waals surface area contributed by atoms with Gasteiger partial charge in [0.05, 0.1) is 5.75 Å². The summed E-state index contributed by atoms with van der Waals surface area (Å²) in [5, 5.41) is 2.59. The molecule has 2 aromatic rings. The quantitative estimate of drug-likeness (QED) is 0.490. The molecule has 1 aromatic heterocycles. The number of amides is 1. The summed E-state index contributed by atoms with van der Waals surface area (Å²) in [6.45, 7) is 3.06. The van der Waals surface area contributed by atoms with Crippen LogP contribution in [0.3, 0.4) is 0 Å². The Hall–Kier alpha value is -2.63. The van der Waals surface area contributed by atoms with Gasteiger partial charge >= 0.3 is 0 Å². The summed E-state index contributed by atoms with van der Waals surface area (Å²) >= 11 is 0. The molecule has 178 valence electrons. The predicted molar refractivity (Wildman–Crippen MR) is 122 cm³/mol. The van der Waals surface area contributed by atoms with Gasteiger partial charge in [-0.2, -0.15) is 10.6 Å². The number of aliphatic imine (C=N–C) groups is 1. The molecule has 1 atom stereocenters. The topological polar surface area (TPSA) is 121 Å². The van der Waals surface area contributed by atoms with Gasteiger partial charge in [0, 0.05) is 23.0 Å². The Kier molecular flexibility index (Phi) is 5.70. The molecular weight excluding hydrogens is 457 g/mol. The number of nitrogens with one attached hydrogen (secondary N) is 1. The second kappa shape index (κ2) is 8.00. The van der Waals surface area contributed by atoms with Crippen molar-refractivity contribution in [2.24, 2.45) is 10.7 Å². The van der Waals surface area contributed by atoms with Crippen molar-refractivity contribution in [1.29, 1.82) is 0 Å². The lowest BCUT2D eigenvalue weighted by atomic mass is 9.82. The van der Waals surface area contributed by atoms with Crippen LogP contribution in [0.5, 0.6) is 0 Å². The highest BCUT2D eigenvalue weighted by Gasteiger charge is 2.57. The number of anilines is 1. The third kappa shape index (κ3) is 3.87. The minimum absolute atomic E-state index is 0.0440. The zero-order valence-electron chi connectivity index (χ0n) is 18.1. The van der Waals surface area contributed by atoms with Gasteiger partial charge in [-0.05, 0) is 62.9 Å². The van der Waals surface area contributed by atoms with Gasteiger partial charge in [-0.25, -0.2) is 13.2 Å². The largest absolute Gasteiger partial charge is 0.386 e. The number of amidine groups is 1. The molecule has 0 bridgehead atoms. The molecule has 1 saturated carbocycles. The van der Waals surface area contributed by atoms with E-state index in [0.29, 0.717) is 12.8 Å². The van der Waals surface area contributed by atoms with E-state index in [1.807, 2.05) is 0 Å². The summed E-state index contributed by atoms with van der Waals surface area (Å²) in [6.07, 6.45) is 0.0875. The van der Waals surface area contributed by atoms with Gasteiger partial charge in [0.15, 0.2) is 0 Å². The van der Waals surface area contributed by atoms with Gasteiger partial charge in [0.2, 0.25) is 0 Å². The van der Waals surface area contributed by atoms with Crippen molar-refractivity contribution in [1.82, 2.24) is 4.98 Å². The maximum atomic E-state index is 14.9. The van der Waals surface area contributed by atoms with E-state index in [-0.39, 0.29) is 39.7 Å². The molecular formula is C22H25F3N4O3S. The number of carbonyl (C=O) groups excluding carboxylic acids is 1. The monoisotopic (exact) mass is 482 g/mol. The van der Waals surface area contributed by atoms with E-state index >= 15 is 0 Å². The molecule has 1 aliphatic carbocycles. The first-order valence-corrected chi connectivity index (χ1v) is 12.1.